The summed E-state index contributed by atoms with van der Waals surface area (Å²) in [5, 5.41) is 0. The summed E-state index contributed by atoms with van der Waals surface area (Å²) in [5.74, 6) is 0.626. The number of nitrogens with zero attached hydrogens (tertiary/aromatic N) is 3. The van der Waals surface area contributed by atoms with Crippen molar-refractivity contribution < 1.29 is 9.18 Å². The van der Waals surface area contributed by atoms with Crippen molar-refractivity contribution in [3.8, 4) is 0 Å². The lowest BCUT2D eigenvalue weighted by molar-refractivity contribution is -0.135. The first-order valence-corrected chi connectivity index (χ1v) is 8.91. The van der Waals surface area contributed by atoms with E-state index in [0.717, 1.165) is 24.5 Å². The van der Waals surface area contributed by atoms with Gasteiger partial charge in [-0.05, 0) is 29.8 Å². The molecular weight excluding hydrogens is 333 g/mol. The highest BCUT2D eigenvalue weighted by atomic mass is 19.1. The number of hydrazine groups is 1. The van der Waals surface area contributed by atoms with Crippen molar-refractivity contribution in [3.63, 3.8) is 0 Å². The van der Waals surface area contributed by atoms with Crippen LogP contribution in [0.5, 0.6) is 0 Å². The highest BCUT2D eigenvalue weighted by Gasteiger charge is 2.37. The second-order valence-corrected chi connectivity index (χ2v) is 6.66. The van der Waals surface area contributed by atoms with Gasteiger partial charge >= 0.3 is 0 Å². The molecule has 2 unspecified atom stereocenters. The number of hydrogen-bond acceptors (Lipinski definition) is 5. The highest BCUT2D eigenvalue weighted by molar-refractivity contribution is 5.80. The van der Waals surface area contributed by atoms with Gasteiger partial charge < -0.3 is 9.80 Å². The van der Waals surface area contributed by atoms with E-state index in [1.54, 1.807) is 18.3 Å². The minimum absolute atomic E-state index is 0.137. The fraction of sp³-hybridized carbons (Fsp3) is 0.368. The Kier molecular flexibility index (Phi) is 4.81. The number of pyridine rings is 1. The van der Waals surface area contributed by atoms with Gasteiger partial charge in [0.2, 0.25) is 5.91 Å². The summed E-state index contributed by atoms with van der Waals surface area (Å²) in [5.41, 5.74) is 7.15. The molecule has 6 nitrogen and oxygen atoms in total. The molecule has 0 radical (unpaired) electrons. The Morgan fingerprint density at radius 1 is 1.08 bits per heavy atom. The van der Waals surface area contributed by atoms with Gasteiger partial charge in [-0.2, -0.15) is 0 Å². The van der Waals surface area contributed by atoms with Crippen molar-refractivity contribution in [1.82, 2.24) is 20.7 Å². The fourth-order valence-corrected chi connectivity index (χ4v) is 3.64. The van der Waals surface area contributed by atoms with Crippen LogP contribution in [0.1, 0.15) is 11.6 Å². The van der Waals surface area contributed by atoms with E-state index >= 15 is 0 Å². The Bertz CT molecular complexity index is 746. The van der Waals surface area contributed by atoms with Gasteiger partial charge in [0.1, 0.15) is 11.6 Å². The van der Waals surface area contributed by atoms with E-state index in [9.17, 15) is 9.18 Å². The van der Waals surface area contributed by atoms with Crippen LogP contribution < -0.4 is 15.8 Å². The summed E-state index contributed by atoms with van der Waals surface area (Å²) in [6.45, 7) is 3.49. The number of nitrogens with one attached hydrogen (secondary N) is 2. The van der Waals surface area contributed by atoms with Crippen LogP contribution in [0.25, 0.3) is 0 Å². The lowest BCUT2D eigenvalue weighted by Gasteiger charge is -2.37. The first-order valence-electron chi connectivity index (χ1n) is 8.91. The maximum absolute atomic E-state index is 13.2. The number of piperazine rings is 1. The Hall–Kier alpha value is -2.51. The topological polar surface area (TPSA) is 60.5 Å². The molecule has 2 aromatic rings. The van der Waals surface area contributed by atoms with Crippen LogP contribution >= 0.6 is 0 Å². The number of amides is 1. The number of halogens is 1. The van der Waals surface area contributed by atoms with E-state index in [-0.39, 0.29) is 23.7 Å². The zero-order valence-corrected chi connectivity index (χ0v) is 14.4. The number of hydrogen-bond donors (Lipinski definition) is 2. The number of benzene rings is 1. The predicted molar refractivity (Wildman–Crippen MR) is 96.8 cm³/mol. The Morgan fingerprint density at radius 3 is 2.54 bits per heavy atom. The molecule has 2 saturated heterocycles. The SMILES string of the molecule is O=C(C1CNNC1c1ccc(F)cc1)N1CCN(c2ccccn2)CC1. The third-order valence-electron chi connectivity index (χ3n) is 5.09. The van der Waals surface area contributed by atoms with Crippen LogP contribution in [0.3, 0.4) is 0 Å². The fourth-order valence-electron chi connectivity index (χ4n) is 3.64. The van der Waals surface area contributed by atoms with E-state index in [1.807, 2.05) is 23.1 Å². The van der Waals surface area contributed by atoms with Gasteiger partial charge in [-0.1, -0.05) is 18.2 Å². The van der Waals surface area contributed by atoms with E-state index in [1.165, 1.54) is 12.1 Å². The molecule has 2 N–H and O–H groups in total. The van der Waals surface area contributed by atoms with Crippen LogP contribution in [0.2, 0.25) is 0 Å². The summed E-state index contributed by atoms with van der Waals surface area (Å²) in [4.78, 5) is 21.5. The summed E-state index contributed by atoms with van der Waals surface area (Å²) >= 11 is 0. The number of anilines is 1. The zero-order chi connectivity index (χ0) is 17.9. The molecule has 1 amide bonds. The van der Waals surface area contributed by atoms with E-state index in [0.29, 0.717) is 19.6 Å². The molecule has 3 heterocycles. The third-order valence-corrected chi connectivity index (χ3v) is 5.09. The number of carbonyl (C=O) groups is 1. The predicted octanol–water partition coefficient (Wildman–Crippen LogP) is 1.33. The lowest BCUT2D eigenvalue weighted by Crippen LogP contribution is -2.51. The van der Waals surface area contributed by atoms with Crippen molar-refractivity contribution >= 4 is 11.7 Å². The number of rotatable bonds is 3. The van der Waals surface area contributed by atoms with E-state index < -0.39 is 0 Å². The number of carbonyl (C=O) groups excluding carboxylic acids is 1. The Labute approximate surface area is 152 Å². The molecule has 2 aliphatic rings. The molecular formula is C19H22FN5O. The monoisotopic (exact) mass is 355 g/mol. The average molecular weight is 355 g/mol. The van der Waals surface area contributed by atoms with Gasteiger partial charge in [0.15, 0.2) is 0 Å². The van der Waals surface area contributed by atoms with Gasteiger partial charge in [0.05, 0.1) is 12.0 Å². The van der Waals surface area contributed by atoms with Crippen LogP contribution in [-0.4, -0.2) is 48.5 Å². The Balaban J connectivity index is 1.40. The van der Waals surface area contributed by atoms with Crippen LogP contribution in [0, 0.1) is 11.7 Å². The molecule has 4 rings (SSSR count). The molecule has 136 valence electrons. The first-order chi connectivity index (χ1) is 12.7. The van der Waals surface area contributed by atoms with Crippen LogP contribution in [-0.2, 0) is 4.79 Å². The van der Waals surface area contributed by atoms with Crippen molar-refractivity contribution in [3.05, 3.63) is 60.0 Å². The Morgan fingerprint density at radius 2 is 1.85 bits per heavy atom. The average Bonchev–Trinajstić information content (AvgIpc) is 3.19. The van der Waals surface area contributed by atoms with Crippen LogP contribution in [0.4, 0.5) is 10.2 Å². The molecule has 0 aliphatic carbocycles. The van der Waals surface area contributed by atoms with Gasteiger partial charge in [-0.3, -0.25) is 10.2 Å². The molecule has 0 spiro atoms. The molecule has 2 aliphatic heterocycles. The van der Waals surface area contributed by atoms with Crippen LogP contribution in [0.15, 0.2) is 48.7 Å². The van der Waals surface area contributed by atoms with Gasteiger partial charge in [0, 0.05) is 38.9 Å². The normalized spacial score (nSPS) is 23.3. The standard InChI is InChI=1S/C19H22FN5O/c20-15-6-4-14(5-7-15)18-16(13-22-23-18)19(26)25-11-9-24(10-12-25)17-3-1-2-8-21-17/h1-8,16,18,22-23H,9-13H2. The minimum atomic E-state index is -0.270. The van der Waals surface area contributed by atoms with Gasteiger partial charge in [0.25, 0.3) is 0 Å². The zero-order valence-electron chi connectivity index (χ0n) is 14.4. The smallest absolute Gasteiger partial charge is 0.229 e. The first kappa shape index (κ1) is 16.9. The maximum atomic E-state index is 13.2. The largest absolute Gasteiger partial charge is 0.353 e. The maximum Gasteiger partial charge on any atom is 0.229 e. The molecule has 2 atom stereocenters. The molecule has 0 saturated carbocycles. The van der Waals surface area contributed by atoms with Crippen molar-refractivity contribution in [2.75, 3.05) is 37.6 Å². The summed E-state index contributed by atoms with van der Waals surface area (Å²) in [7, 11) is 0. The molecule has 2 fully saturated rings. The van der Waals surface area contributed by atoms with E-state index in [4.69, 9.17) is 0 Å². The molecule has 0 bridgehead atoms. The molecule has 26 heavy (non-hydrogen) atoms. The van der Waals surface area contributed by atoms with Gasteiger partial charge in [-0.15, -0.1) is 0 Å². The third kappa shape index (κ3) is 3.40. The molecule has 7 heteroatoms. The summed E-state index contributed by atoms with van der Waals surface area (Å²) < 4.78 is 13.2. The van der Waals surface area contributed by atoms with Crippen molar-refractivity contribution in [2.24, 2.45) is 5.92 Å². The molecule has 1 aromatic carbocycles. The molecule has 1 aromatic heterocycles. The van der Waals surface area contributed by atoms with E-state index in [2.05, 4.69) is 20.7 Å². The quantitative estimate of drug-likeness (QED) is 0.870. The highest BCUT2D eigenvalue weighted by Crippen LogP contribution is 2.27. The van der Waals surface area contributed by atoms with Crippen molar-refractivity contribution in [1.29, 1.82) is 0 Å². The number of aromatic nitrogens is 1. The van der Waals surface area contributed by atoms with Crippen molar-refractivity contribution in [2.45, 2.75) is 6.04 Å². The second kappa shape index (κ2) is 7.39. The van der Waals surface area contributed by atoms with Gasteiger partial charge in [-0.25, -0.2) is 14.8 Å². The minimum Gasteiger partial charge on any atom is -0.353 e. The second-order valence-electron chi connectivity index (χ2n) is 6.66. The lowest BCUT2D eigenvalue weighted by atomic mass is 9.93. The summed E-state index contributed by atoms with van der Waals surface area (Å²) in [6, 6.07) is 12.1. The summed E-state index contributed by atoms with van der Waals surface area (Å²) in [6.07, 6.45) is 1.79.